The van der Waals surface area contributed by atoms with Crippen molar-refractivity contribution >= 4 is 17.5 Å². The second kappa shape index (κ2) is 5.72. The molecule has 0 radical (unpaired) electrons. The lowest BCUT2D eigenvalue weighted by molar-refractivity contribution is -0.119. The lowest BCUT2D eigenvalue weighted by atomic mass is 9.86. The van der Waals surface area contributed by atoms with Gasteiger partial charge in [0, 0.05) is 24.4 Å². The average molecular weight is 302 g/mol. The van der Waals surface area contributed by atoms with E-state index in [2.05, 4.69) is 10.6 Å². The summed E-state index contributed by atoms with van der Waals surface area (Å²) in [6.07, 6.45) is 2.15. The first-order chi connectivity index (χ1) is 10.5. The molecular formula is C17H22N2O3. The fourth-order valence-corrected chi connectivity index (χ4v) is 3.04. The Bertz CT molecular complexity index is 604. The zero-order valence-corrected chi connectivity index (χ0v) is 13.1. The van der Waals surface area contributed by atoms with Crippen LogP contribution in [0, 0.1) is 5.92 Å². The highest BCUT2D eigenvalue weighted by Crippen LogP contribution is 2.37. The van der Waals surface area contributed by atoms with E-state index in [0.717, 1.165) is 30.7 Å². The van der Waals surface area contributed by atoms with E-state index in [1.807, 2.05) is 19.9 Å². The Morgan fingerprint density at radius 3 is 3.00 bits per heavy atom. The van der Waals surface area contributed by atoms with Crippen molar-refractivity contribution in [2.45, 2.75) is 32.1 Å². The molecule has 3 rings (SSSR count). The van der Waals surface area contributed by atoms with E-state index in [1.54, 1.807) is 12.1 Å². The molecule has 5 nitrogen and oxygen atoms in total. The molecule has 5 heteroatoms. The summed E-state index contributed by atoms with van der Waals surface area (Å²) in [5, 5.41) is 5.81. The van der Waals surface area contributed by atoms with Gasteiger partial charge in [-0.2, -0.15) is 0 Å². The summed E-state index contributed by atoms with van der Waals surface area (Å²) in [6, 6.07) is 5.41. The van der Waals surface area contributed by atoms with E-state index < -0.39 is 5.41 Å². The van der Waals surface area contributed by atoms with Gasteiger partial charge >= 0.3 is 0 Å². The van der Waals surface area contributed by atoms with E-state index in [9.17, 15) is 9.59 Å². The van der Waals surface area contributed by atoms with Crippen molar-refractivity contribution in [1.29, 1.82) is 0 Å². The third-order valence-electron chi connectivity index (χ3n) is 4.58. The lowest BCUT2D eigenvalue weighted by Gasteiger charge is -2.22. The van der Waals surface area contributed by atoms with E-state index in [-0.39, 0.29) is 11.8 Å². The Morgan fingerprint density at radius 1 is 1.45 bits per heavy atom. The zero-order valence-electron chi connectivity index (χ0n) is 13.1. The number of benzene rings is 1. The predicted molar refractivity (Wildman–Crippen MR) is 84.0 cm³/mol. The van der Waals surface area contributed by atoms with Gasteiger partial charge in [-0.3, -0.25) is 9.59 Å². The average Bonchev–Trinajstić information content (AvgIpc) is 2.75. The smallest absolute Gasteiger partial charge is 0.251 e. The van der Waals surface area contributed by atoms with Gasteiger partial charge in [-0.15, -0.1) is 0 Å². The fraction of sp³-hybridized carbons (Fsp3) is 0.529. The molecule has 1 fully saturated rings. The first kappa shape index (κ1) is 15.0. The summed E-state index contributed by atoms with van der Waals surface area (Å²) < 4.78 is 5.42. The van der Waals surface area contributed by atoms with Crippen LogP contribution in [0.1, 0.15) is 42.6 Å². The minimum absolute atomic E-state index is 0.0283. The van der Waals surface area contributed by atoms with Crippen LogP contribution in [0.3, 0.4) is 0 Å². The van der Waals surface area contributed by atoms with Crippen molar-refractivity contribution in [3.05, 3.63) is 29.3 Å². The SMILES string of the molecule is CC1(C)C(=O)Nc2cc(C(=O)NC[C@@H]3CCCOC3)ccc21. The molecule has 0 saturated carbocycles. The molecule has 2 aliphatic heterocycles. The first-order valence-corrected chi connectivity index (χ1v) is 7.80. The van der Waals surface area contributed by atoms with Gasteiger partial charge in [-0.05, 0) is 50.3 Å². The molecule has 2 amide bonds. The van der Waals surface area contributed by atoms with Crippen LogP contribution in [0.2, 0.25) is 0 Å². The number of hydrogen-bond acceptors (Lipinski definition) is 3. The number of hydrogen-bond donors (Lipinski definition) is 2. The van der Waals surface area contributed by atoms with Crippen LogP contribution >= 0.6 is 0 Å². The van der Waals surface area contributed by atoms with Crippen LogP contribution in [0.25, 0.3) is 0 Å². The van der Waals surface area contributed by atoms with Crippen LogP contribution in [0.5, 0.6) is 0 Å². The van der Waals surface area contributed by atoms with Crippen LogP contribution in [0.4, 0.5) is 5.69 Å². The molecule has 0 spiro atoms. The summed E-state index contributed by atoms with van der Waals surface area (Å²) >= 11 is 0. The van der Waals surface area contributed by atoms with E-state index in [4.69, 9.17) is 4.74 Å². The molecule has 1 aromatic rings. The van der Waals surface area contributed by atoms with Gasteiger partial charge < -0.3 is 15.4 Å². The highest BCUT2D eigenvalue weighted by molar-refractivity contribution is 6.07. The number of rotatable bonds is 3. The quantitative estimate of drug-likeness (QED) is 0.898. The van der Waals surface area contributed by atoms with Gasteiger partial charge in [0.1, 0.15) is 0 Å². The van der Waals surface area contributed by atoms with Crippen LogP contribution < -0.4 is 10.6 Å². The second-order valence-electron chi connectivity index (χ2n) is 6.63. The summed E-state index contributed by atoms with van der Waals surface area (Å²) in [6.45, 7) is 5.95. The van der Waals surface area contributed by atoms with E-state index in [0.29, 0.717) is 24.6 Å². The van der Waals surface area contributed by atoms with Crippen molar-refractivity contribution in [1.82, 2.24) is 5.32 Å². The third-order valence-corrected chi connectivity index (χ3v) is 4.58. The molecule has 0 unspecified atom stereocenters. The maximum absolute atomic E-state index is 12.3. The highest BCUT2D eigenvalue weighted by atomic mass is 16.5. The maximum Gasteiger partial charge on any atom is 0.251 e. The Morgan fingerprint density at radius 2 is 2.27 bits per heavy atom. The van der Waals surface area contributed by atoms with Crippen molar-refractivity contribution in [2.75, 3.05) is 25.1 Å². The van der Waals surface area contributed by atoms with Crippen molar-refractivity contribution in [3.63, 3.8) is 0 Å². The van der Waals surface area contributed by atoms with E-state index >= 15 is 0 Å². The largest absolute Gasteiger partial charge is 0.381 e. The minimum Gasteiger partial charge on any atom is -0.381 e. The third kappa shape index (κ3) is 2.73. The number of ether oxygens (including phenoxy) is 1. The molecular weight excluding hydrogens is 280 g/mol. The second-order valence-corrected chi connectivity index (χ2v) is 6.63. The maximum atomic E-state index is 12.3. The van der Waals surface area contributed by atoms with E-state index in [1.165, 1.54) is 0 Å². The van der Waals surface area contributed by atoms with Crippen molar-refractivity contribution in [3.8, 4) is 0 Å². The topological polar surface area (TPSA) is 67.4 Å². The monoisotopic (exact) mass is 302 g/mol. The summed E-state index contributed by atoms with van der Waals surface area (Å²) in [5.74, 6) is 0.262. The summed E-state index contributed by atoms with van der Waals surface area (Å²) in [5.41, 5.74) is 1.72. The first-order valence-electron chi connectivity index (χ1n) is 7.80. The molecule has 2 N–H and O–H groups in total. The van der Waals surface area contributed by atoms with Gasteiger partial charge in [0.2, 0.25) is 5.91 Å². The minimum atomic E-state index is -0.538. The number of anilines is 1. The zero-order chi connectivity index (χ0) is 15.7. The standard InChI is InChI=1S/C17H22N2O3/c1-17(2)13-6-5-12(8-14(13)19-16(17)21)15(20)18-9-11-4-3-7-22-10-11/h5-6,8,11H,3-4,7,9-10H2,1-2H3,(H,18,20)(H,19,21)/t11-/m0/s1. The molecule has 0 aliphatic carbocycles. The molecule has 1 atom stereocenters. The van der Waals surface area contributed by atoms with Gasteiger partial charge in [0.25, 0.3) is 5.91 Å². The predicted octanol–water partition coefficient (Wildman–Crippen LogP) is 2.07. The van der Waals surface area contributed by atoms with Crippen molar-refractivity contribution < 1.29 is 14.3 Å². The Balaban J connectivity index is 1.67. The van der Waals surface area contributed by atoms with Crippen LogP contribution in [0.15, 0.2) is 18.2 Å². The number of nitrogens with one attached hydrogen (secondary N) is 2. The fourth-order valence-electron chi connectivity index (χ4n) is 3.04. The molecule has 0 aromatic heterocycles. The van der Waals surface area contributed by atoms with Crippen LogP contribution in [-0.2, 0) is 14.9 Å². The molecule has 1 saturated heterocycles. The Hall–Kier alpha value is -1.88. The van der Waals surface area contributed by atoms with Crippen LogP contribution in [-0.4, -0.2) is 31.6 Å². The van der Waals surface area contributed by atoms with Gasteiger partial charge in [-0.25, -0.2) is 0 Å². The Labute approximate surface area is 130 Å². The van der Waals surface area contributed by atoms with Gasteiger partial charge in [0.05, 0.1) is 12.0 Å². The summed E-state index contributed by atoms with van der Waals surface area (Å²) in [4.78, 5) is 24.2. The number of fused-ring (bicyclic) bond motifs is 1. The highest BCUT2D eigenvalue weighted by Gasteiger charge is 2.38. The number of carbonyl (C=O) groups is 2. The molecule has 22 heavy (non-hydrogen) atoms. The van der Waals surface area contributed by atoms with Gasteiger partial charge in [0.15, 0.2) is 0 Å². The Kier molecular flexibility index (Phi) is 3.91. The van der Waals surface area contributed by atoms with Gasteiger partial charge in [-0.1, -0.05) is 6.07 Å². The number of carbonyl (C=O) groups excluding carboxylic acids is 2. The summed E-state index contributed by atoms with van der Waals surface area (Å²) in [7, 11) is 0. The lowest BCUT2D eigenvalue weighted by Crippen LogP contribution is -2.33. The molecule has 2 heterocycles. The number of amides is 2. The molecule has 2 aliphatic rings. The molecule has 1 aromatic carbocycles. The molecule has 118 valence electrons. The molecule has 0 bridgehead atoms. The normalized spacial score (nSPS) is 22.8. The van der Waals surface area contributed by atoms with Crippen molar-refractivity contribution in [2.24, 2.45) is 5.92 Å².